The van der Waals surface area contributed by atoms with Crippen LogP contribution >= 0.6 is 11.8 Å². The molecule has 0 heterocycles. The molecule has 0 saturated heterocycles. The smallest absolute Gasteiger partial charge is 0.317 e. The van der Waals surface area contributed by atoms with E-state index in [-0.39, 0.29) is 17.2 Å². The first-order chi connectivity index (χ1) is 8.40. The average Bonchev–Trinajstić information content (AvgIpc) is 2.28. The Morgan fingerprint density at radius 1 is 1.39 bits per heavy atom. The highest BCUT2D eigenvalue weighted by atomic mass is 32.2. The zero-order valence-corrected chi connectivity index (χ0v) is 10.3. The molecule has 0 amide bonds. The molecule has 0 radical (unpaired) electrons. The van der Waals surface area contributed by atoms with Gasteiger partial charge < -0.3 is 5.11 Å². The molecular weight excluding hydrogens is 258 g/mol. The Bertz CT molecular complexity index is 471. The number of hydrogen-bond donors (Lipinski definition) is 1. The molecule has 0 fully saturated rings. The van der Waals surface area contributed by atoms with E-state index in [0.29, 0.717) is 5.56 Å². The van der Waals surface area contributed by atoms with Crippen molar-refractivity contribution in [3.8, 4) is 0 Å². The fraction of sp³-hybridized carbons (Fsp3) is 0.273. The Morgan fingerprint density at radius 2 is 1.94 bits per heavy atom. The van der Waals surface area contributed by atoms with Gasteiger partial charge in [-0.2, -0.15) is 0 Å². The van der Waals surface area contributed by atoms with Gasteiger partial charge in [0.1, 0.15) is 5.25 Å². The van der Waals surface area contributed by atoms with Gasteiger partial charge in [0, 0.05) is 19.1 Å². The van der Waals surface area contributed by atoms with Crippen LogP contribution in [0.25, 0.3) is 0 Å². The van der Waals surface area contributed by atoms with E-state index < -0.39 is 16.1 Å². The van der Waals surface area contributed by atoms with Crippen molar-refractivity contribution in [1.29, 1.82) is 0 Å². The number of carboxylic acids is 1. The molecule has 7 heteroatoms. The number of rotatable bonds is 5. The third-order valence-corrected chi connectivity index (χ3v) is 3.14. The molecule has 0 aromatic heterocycles. The van der Waals surface area contributed by atoms with E-state index in [1.165, 1.54) is 31.2 Å². The molecule has 1 unspecified atom stereocenters. The minimum absolute atomic E-state index is 0.0511. The zero-order chi connectivity index (χ0) is 13.7. The normalized spacial score (nSPS) is 11.8. The van der Waals surface area contributed by atoms with Gasteiger partial charge in [-0.3, -0.25) is 19.7 Å². The molecule has 0 saturated carbocycles. The van der Waals surface area contributed by atoms with Gasteiger partial charge in [0.05, 0.1) is 4.92 Å². The number of non-ortho nitro benzene ring substituents is 1. The standard InChI is InChI=1S/C11H11NO5S/c1-7(13)18-10(11(14)15)6-8-2-4-9(5-3-8)12(16)17/h2-5,10H,6H2,1H3,(H,14,15). The number of nitro benzene ring substituents is 1. The summed E-state index contributed by atoms with van der Waals surface area (Å²) in [5.74, 6) is -1.08. The van der Waals surface area contributed by atoms with E-state index in [2.05, 4.69) is 0 Å². The molecule has 1 aromatic rings. The number of carboxylic acid groups (broad SMARTS) is 1. The molecule has 96 valence electrons. The van der Waals surface area contributed by atoms with Gasteiger partial charge in [0.2, 0.25) is 0 Å². The summed E-state index contributed by atoms with van der Waals surface area (Å²) in [6, 6.07) is 5.61. The Balaban J connectivity index is 2.78. The van der Waals surface area contributed by atoms with Crippen molar-refractivity contribution in [3.63, 3.8) is 0 Å². The number of nitro groups is 1. The molecule has 1 rings (SSSR count). The van der Waals surface area contributed by atoms with Gasteiger partial charge in [-0.15, -0.1) is 0 Å². The zero-order valence-electron chi connectivity index (χ0n) is 9.53. The topological polar surface area (TPSA) is 97.5 Å². The van der Waals surface area contributed by atoms with E-state index in [1.807, 2.05) is 0 Å². The first-order valence-electron chi connectivity index (χ1n) is 5.03. The van der Waals surface area contributed by atoms with Crippen molar-refractivity contribution in [2.75, 3.05) is 0 Å². The Hall–Kier alpha value is -1.89. The van der Waals surface area contributed by atoms with Crippen molar-refractivity contribution in [3.05, 3.63) is 39.9 Å². The van der Waals surface area contributed by atoms with Crippen molar-refractivity contribution >= 4 is 28.5 Å². The lowest BCUT2D eigenvalue weighted by molar-refractivity contribution is -0.384. The number of carbonyl (C=O) groups is 2. The van der Waals surface area contributed by atoms with Gasteiger partial charge >= 0.3 is 5.97 Å². The predicted octanol–water partition coefficient (Wildman–Crippen LogP) is 1.87. The summed E-state index contributed by atoms with van der Waals surface area (Å²) in [6.07, 6.45) is 0.150. The summed E-state index contributed by atoms with van der Waals surface area (Å²) in [6.45, 7) is 1.30. The van der Waals surface area contributed by atoms with E-state index in [0.717, 1.165) is 11.8 Å². The number of hydrogen-bond acceptors (Lipinski definition) is 5. The molecule has 0 aliphatic rings. The van der Waals surface area contributed by atoms with Crippen LogP contribution in [0.15, 0.2) is 24.3 Å². The van der Waals surface area contributed by atoms with Crippen molar-refractivity contribution in [2.24, 2.45) is 0 Å². The summed E-state index contributed by atoms with van der Waals surface area (Å²) in [7, 11) is 0. The SMILES string of the molecule is CC(=O)SC(Cc1ccc([N+](=O)[O-])cc1)C(=O)O. The minimum atomic E-state index is -1.08. The number of thioether (sulfide) groups is 1. The van der Waals surface area contributed by atoms with Crippen LogP contribution in [0.5, 0.6) is 0 Å². The highest BCUT2D eigenvalue weighted by Gasteiger charge is 2.21. The van der Waals surface area contributed by atoms with Gasteiger partial charge in [-0.1, -0.05) is 23.9 Å². The molecule has 0 aliphatic carbocycles. The Morgan fingerprint density at radius 3 is 2.33 bits per heavy atom. The summed E-state index contributed by atoms with van der Waals surface area (Å²) in [5.41, 5.74) is 0.589. The summed E-state index contributed by atoms with van der Waals surface area (Å²) >= 11 is 0.741. The van der Waals surface area contributed by atoms with Crippen molar-refractivity contribution in [2.45, 2.75) is 18.6 Å². The first kappa shape index (κ1) is 14.2. The molecule has 0 bridgehead atoms. The van der Waals surface area contributed by atoms with Crippen LogP contribution in [0.3, 0.4) is 0 Å². The van der Waals surface area contributed by atoms with E-state index in [9.17, 15) is 19.7 Å². The fourth-order valence-electron chi connectivity index (χ4n) is 1.35. The second-order valence-corrected chi connectivity index (χ2v) is 4.94. The second kappa shape index (κ2) is 6.15. The number of carbonyl (C=O) groups excluding carboxylic acids is 1. The number of benzene rings is 1. The third kappa shape index (κ3) is 4.17. The highest BCUT2D eigenvalue weighted by Crippen LogP contribution is 2.19. The molecule has 0 aliphatic heterocycles. The maximum absolute atomic E-state index is 10.9. The second-order valence-electron chi connectivity index (χ2n) is 3.56. The van der Waals surface area contributed by atoms with Crippen LogP contribution in [0, 0.1) is 10.1 Å². The van der Waals surface area contributed by atoms with Crippen molar-refractivity contribution in [1.82, 2.24) is 0 Å². The minimum Gasteiger partial charge on any atom is -0.480 e. The van der Waals surface area contributed by atoms with Crippen LogP contribution in [0.1, 0.15) is 12.5 Å². The van der Waals surface area contributed by atoms with Crippen LogP contribution in [-0.2, 0) is 16.0 Å². The van der Waals surface area contributed by atoms with Crippen LogP contribution < -0.4 is 0 Å². The molecule has 1 aromatic carbocycles. The molecule has 1 N–H and O–H groups in total. The van der Waals surface area contributed by atoms with Gasteiger partial charge in [-0.05, 0) is 12.0 Å². The van der Waals surface area contributed by atoms with Crippen LogP contribution in [-0.4, -0.2) is 26.4 Å². The van der Waals surface area contributed by atoms with Gasteiger partial charge in [0.15, 0.2) is 5.12 Å². The van der Waals surface area contributed by atoms with Crippen LogP contribution in [0.2, 0.25) is 0 Å². The fourth-order valence-corrected chi connectivity index (χ4v) is 2.12. The Kier molecular flexibility index (Phi) is 4.85. The predicted molar refractivity (Wildman–Crippen MR) is 66.5 cm³/mol. The molecule has 0 spiro atoms. The third-order valence-electron chi connectivity index (χ3n) is 2.15. The van der Waals surface area contributed by atoms with E-state index >= 15 is 0 Å². The lowest BCUT2D eigenvalue weighted by Crippen LogP contribution is -2.20. The van der Waals surface area contributed by atoms with Crippen molar-refractivity contribution < 1.29 is 19.6 Å². The summed E-state index contributed by atoms with van der Waals surface area (Å²) in [5, 5.41) is 18.3. The monoisotopic (exact) mass is 269 g/mol. The Labute approximate surface area is 107 Å². The van der Waals surface area contributed by atoms with Gasteiger partial charge in [-0.25, -0.2) is 0 Å². The summed E-state index contributed by atoms with van der Waals surface area (Å²) in [4.78, 5) is 31.8. The maximum atomic E-state index is 10.9. The van der Waals surface area contributed by atoms with E-state index in [1.54, 1.807) is 0 Å². The molecule has 6 nitrogen and oxygen atoms in total. The lowest BCUT2D eigenvalue weighted by Gasteiger charge is -2.09. The average molecular weight is 269 g/mol. The van der Waals surface area contributed by atoms with Gasteiger partial charge in [0.25, 0.3) is 5.69 Å². The molecule has 1 atom stereocenters. The molecular formula is C11H11NO5S. The first-order valence-corrected chi connectivity index (χ1v) is 5.91. The lowest BCUT2D eigenvalue weighted by atomic mass is 10.1. The highest BCUT2D eigenvalue weighted by molar-refractivity contribution is 8.14. The van der Waals surface area contributed by atoms with Crippen LogP contribution in [0.4, 0.5) is 5.69 Å². The quantitative estimate of drug-likeness (QED) is 0.647. The number of aliphatic carboxylic acids is 1. The largest absolute Gasteiger partial charge is 0.480 e. The maximum Gasteiger partial charge on any atom is 0.317 e. The number of nitrogens with zero attached hydrogens (tertiary/aromatic N) is 1. The summed E-state index contributed by atoms with van der Waals surface area (Å²) < 4.78 is 0. The molecule has 18 heavy (non-hydrogen) atoms. The van der Waals surface area contributed by atoms with E-state index in [4.69, 9.17) is 5.11 Å².